The summed E-state index contributed by atoms with van der Waals surface area (Å²) in [7, 11) is 0. The van der Waals surface area contributed by atoms with Gasteiger partial charge in [-0.1, -0.05) is 13.0 Å². The standard InChI is InChI=1S/C8H16N2O/c1-2-8(11)7(10)5-3-4-6-9/h2,7H,1,3-6,9-10H2. The number of carbonyl (C=O) groups is 1. The van der Waals surface area contributed by atoms with Crippen molar-refractivity contribution in [3.63, 3.8) is 0 Å². The Bertz CT molecular complexity index is 134. The van der Waals surface area contributed by atoms with Crippen LogP contribution in [0.5, 0.6) is 0 Å². The largest absolute Gasteiger partial charge is 0.330 e. The number of hydrogen-bond donors (Lipinski definition) is 2. The van der Waals surface area contributed by atoms with Crippen molar-refractivity contribution in [3.05, 3.63) is 12.7 Å². The van der Waals surface area contributed by atoms with E-state index in [9.17, 15) is 4.79 Å². The monoisotopic (exact) mass is 156 g/mol. The van der Waals surface area contributed by atoms with Gasteiger partial charge in [0, 0.05) is 0 Å². The molecular formula is C8H16N2O. The number of hydrogen-bond acceptors (Lipinski definition) is 3. The second-order valence-corrected chi connectivity index (χ2v) is 2.50. The van der Waals surface area contributed by atoms with Gasteiger partial charge in [0.15, 0.2) is 5.78 Å². The lowest BCUT2D eigenvalue weighted by Gasteiger charge is -2.05. The Morgan fingerprint density at radius 3 is 2.64 bits per heavy atom. The van der Waals surface area contributed by atoms with E-state index in [0.29, 0.717) is 13.0 Å². The van der Waals surface area contributed by atoms with Gasteiger partial charge >= 0.3 is 0 Å². The summed E-state index contributed by atoms with van der Waals surface area (Å²) in [5.41, 5.74) is 10.8. The first-order chi connectivity index (χ1) is 5.22. The van der Waals surface area contributed by atoms with Gasteiger partial charge in [0.1, 0.15) is 0 Å². The van der Waals surface area contributed by atoms with Crippen molar-refractivity contribution in [1.29, 1.82) is 0 Å². The zero-order chi connectivity index (χ0) is 8.69. The molecule has 0 aliphatic carbocycles. The molecule has 0 radical (unpaired) electrons. The van der Waals surface area contributed by atoms with Crippen LogP contribution in [0.1, 0.15) is 19.3 Å². The molecule has 0 spiro atoms. The Morgan fingerprint density at radius 1 is 1.55 bits per heavy atom. The van der Waals surface area contributed by atoms with Crippen molar-refractivity contribution >= 4 is 5.78 Å². The summed E-state index contributed by atoms with van der Waals surface area (Å²) in [6.07, 6.45) is 3.82. The Balaban J connectivity index is 3.43. The van der Waals surface area contributed by atoms with Gasteiger partial charge < -0.3 is 11.5 Å². The zero-order valence-corrected chi connectivity index (χ0v) is 6.75. The minimum atomic E-state index is -0.376. The molecule has 0 fully saturated rings. The summed E-state index contributed by atoms with van der Waals surface area (Å²) >= 11 is 0. The third kappa shape index (κ3) is 4.70. The maximum Gasteiger partial charge on any atom is 0.171 e. The summed E-state index contributed by atoms with van der Waals surface area (Å²) < 4.78 is 0. The van der Waals surface area contributed by atoms with Crippen LogP contribution in [0.25, 0.3) is 0 Å². The minimum Gasteiger partial charge on any atom is -0.330 e. The van der Waals surface area contributed by atoms with Crippen molar-refractivity contribution < 1.29 is 4.79 Å². The van der Waals surface area contributed by atoms with Gasteiger partial charge in [0.25, 0.3) is 0 Å². The fourth-order valence-electron chi connectivity index (χ4n) is 0.802. The second-order valence-electron chi connectivity index (χ2n) is 2.50. The first-order valence-corrected chi connectivity index (χ1v) is 3.84. The molecular weight excluding hydrogens is 140 g/mol. The van der Waals surface area contributed by atoms with E-state index in [1.807, 2.05) is 0 Å². The Labute approximate surface area is 67.4 Å². The Kier molecular flexibility index (Phi) is 5.70. The van der Waals surface area contributed by atoms with E-state index in [2.05, 4.69) is 6.58 Å². The maximum atomic E-state index is 10.8. The molecule has 0 aromatic carbocycles. The van der Waals surface area contributed by atoms with E-state index in [4.69, 9.17) is 11.5 Å². The first-order valence-electron chi connectivity index (χ1n) is 3.84. The third-order valence-electron chi connectivity index (χ3n) is 1.54. The predicted octanol–water partition coefficient (Wildman–Crippen LogP) is 0.198. The predicted molar refractivity (Wildman–Crippen MR) is 46.1 cm³/mol. The molecule has 0 aliphatic rings. The molecule has 0 rings (SSSR count). The first kappa shape index (κ1) is 10.3. The third-order valence-corrected chi connectivity index (χ3v) is 1.54. The van der Waals surface area contributed by atoms with Gasteiger partial charge in [-0.3, -0.25) is 4.79 Å². The summed E-state index contributed by atoms with van der Waals surface area (Å²) in [4.78, 5) is 10.8. The molecule has 0 saturated heterocycles. The topological polar surface area (TPSA) is 69.1 Å². The lowest BCUT2D eigenvalue weighted by atomic mass is 10.1. The molecule has 0 bridgehead atoms. The summed E-state index contributed by atoms with van der Waals surface area (Å²) in [5, 5.41) is 0. The van der Waals surface area contributed by atoms with Gasteiger partial charge in [0.05, 0.1) is 6.04 Å². The van der Waals surface area contributed by atoms with Crippen LogP contribution in [0.2, 0.25) is 0 Å². The fourth-order valence-corrected chi connectivity index (χ4v) is 0.802. The molecule has 0 saturated carbocycles. The van der Waals surface area contributed by atoms with E-state index < -0.39 is 0 Å². The van der Waals surface area contributed by atoms with Crippen molar-refractivity contribution in [1.82, 2.24) is 0 Å². The van der Waals surface area contributed by atoms with Gasteiger partial charge in [0.2, 0.25) is 0 Å². The molecule has 0 heterocycles. The highest BCUT2D eigenvalue weighted by Crippen LogP contribution is 1.98. The number of ketones is 1. The average molecular weight is 156 g/mol. The summed E-state index contributed by atoms with van der Waals surface area (Å²) in [6.45, 7) is 4.02. The van der Waals surface area contributed by atoms with E-state index in [1.54, 1.807) is 0 Å². The van der Waals surface area contributed by atoms with Crippen molar-refractivity contribution in [2.45, 2.75) is 25.3 Å². The molecule has 0 aromatic rings. The van der Waals surface area contributed by atoms with Crippen LogP contribution < -0.4 is 11.5 Å². The Morgan fingerprint density at radius 2 is 2.18 bits per heavy atom. The smallest absolute Gasteiger partial charge is 0.171 e. The van der Waals surface area contributed by atoms with Crippen LogP contribution in [0.4, 0.5) is 0 Å². The highest BCUT2D eigenvalue weighted by atomic mass is 16.1. The molecule has 0 aromatic heterocycles. The van der Waals surface area contributed by atoms with Crippen LogP contribution in [0.15, 0.2) is 12.7 Å². The molecule has 1 atom stereocenters. The molecule has 4 N–H and O–H groups in total. The average Bonchev–Trinajstić information content (AvgIpc) is 2.03. The molecule has 0 aliphatic heterocycles. The number of nitrogens with two attached hydrogens (primary N) is 2. The van der Waals surface area contributed by atoms with E-state index in [-0.39, 0.29) is 11.8 Å². The molecule has 1 unspecified atom stereocenters. The molecule has 3 nitrogen and oxygen atoms in total. The van der Waals surface area contributed by atoms with Crippen LogP contribution in [-0.4, -0.2) is 18.4 Å². The van der Waals surface area contributed by atoms with Gasteiger partial charge in [-0.25, -0.2) is 0 Å². The Hall–Kier alpha value is -0.670. The number of unbranched alkanes of at least 4 members (excludes halogenated alkanes) is 1. The van der Waals surface area contributed by atoms with Crippen molar-refractivity contribution in [3.8, 4) is 0 Å². The van der Waals surface area contributed by atoms with Gasteiger partial charge in [-0.15, -0.1) is 0 Å². The number of carbonyl (C=O) groups excluding carboxylic acids is 1. The van der Waals surface area contributed by atoms with Crippen LogP contribution in [-0.2, 0) is 4.79 Å². The highest BCUT2D eigenvalue weighted by Gasteiger charge is 2.07. The number of rotatable bonds is 6. The lowest BCUT2D eigenvalue weighted by molar-refractivity contribution is -0.115. The molecule has 3 heteroatoms. The second kappa shape index (κ2) is 6.07. The molecule has 11 heavy (non-hydrogen) atoms. The van der Waals surface area contributed by atoms with Crippen molar-refractivity contribution in [2.24, 2.45) is 11.5 Å². The van der Waals surface area contributed by atoms with Gasteiger partial charge in [-0.2, -0.15) is 0 Å². The van der Waals surface area contributed by atoms with Crippen LogP contribution in [0, 0.1) is 0 Å². The van der Waals surface area contributed by atoms with Crippen LogP contribution in [0.3, 0.4) is 0 Å². The highest BCUT2D eigenvalue weighted by molar-refractivity contribution is 5.93. The SMILES string of the molecule is C=CC(=O)C(N)CCCCN. The maximum absolute atomic E-state index is 10.8. The summed E-state index contributed by atoms with van der Waals surface area (Å²) in [5.74, 6) is -0.0815. The van der Waals surface area contributed by atoms with E-state index in [0.717, 1.165) is 12.8 Å². The minimum absolute atomic E-state index is 0.0815. The zero-order valence-electron chi connectivity index (χ0n) is 6.75. The quantitative estimate of drug-likeness (QED) is 0.426. The fraction of sp³-hybridized carbons (Fsp3) is 0.625. The van der Waals surface area contributed by atoms with E-state index >= 15 is 0 Å². The molecule has 0 amide bonds. The summed E-state index contributed by atoms with van der Waals surface area (Å²) in [6, 6.07) is -0.376. The van der Waals surface area contributed by atoms with Crippen LogP contribution >= 0.6 is 0 Å². The molecule has 64 valence electrons. The van der Waals surface area contributed by atoms with Gasteiger partial charge in [-0.05, 0) is 25.5 Å². The normalized spacial score (nSPS) is 12.5. The lowest BCUT2D eigenvalue weighted by Crippen LogP contribution is -2.28. The van der Waals surface area contributed by atoms with E-state index in [1.165, 1.54) is 6.08 Å². The van der Waals surface area contributed by atoms with Crippen molar-refractivity contribution in [2.75, 3.05) is 6.54 Å².